The van der Waals surface area contributed by atoms with Crippen molar-refractivity contribution in [2.24, 2.45) is 0 Å². The van der Waals surface area contributed by atoms with Gasteiger partial charge in [0.05, 0.1) is 0 Å². The highest BCUT2D eigenvalue weighted by Gasteiger charge is 2.31. The van der Waals surface area contributed by atoms with Crippen molar-refractivity contribution in [1.82, 2.24) is 5.32 Å². The van der Waals surface area contributed by atoms with Gasteiger partial charge in [-0.05, 0) is 45.4 Å². The van der Waals surface area contributed by atoms with E-state index in [2.05, 4.69) is 30.4 Å². The van der Waals surface area contributed by atoms with Crippen molar-refractivity contribution in [2.75, 3.05) is 12.3 Å². The maximum atomic E-state index is 11.4. The molecule has 0 spiro atoms. The molecular formula is C15H23NO2S. The van der Waals surface area contributed by atoms with Crippen LogP contribution in [0.15, 0.2) is 29.2 Å². The summed E-state index contributed by atoms with van der Waals surface area (Å²) >= 11 is 1.71. The smallest absolute Gasteiger partial charge is 0.323 e. The Labute approximate surface area is 119 Å². The van der Waals surface area contributed by atoms with E-state index < -0.39 is 11.5 Å². The van der Waals surface area contributed by atoms with Crippen LogP contribution in [0.3, 0.4) is 0 Å². The van der Waals surface area contributed by atoms with Gasteiger partial charge in [0.15, 0.2) is 0 Å². The van der Waals surface area contributed by atoms with Gasteiger partial charge in [0.2, 0.25) is 0 Å². The van der Waals surface area contributed by atoms with Crippen LogP contribution in [0.2, 0.25) is 0 Å². The second-order valence-electron chi connectivity index (χ2n) is 4.98. The maximum absolute atomic E-state index is 11.4. The number of thioether (sulfide) groups is 1. The van der Waals surface area contributed by atoms with E-state index in [1.807, 2.05) is 13.0 Å². The first-order valence-electron chi connectivity index (χ1n) is 6.66. The molecule has 1 unspecified atom stereocenters. The molecule has 0 saturated heterocycles. The summed E-state index contributed by atoms with van der Waals surface area (Å²) in [5.41, 5.74) is 0.405. The number of carbonyl (C=O) groups is 1. The molecule has 0 heterocycles. The van der Waals surface area contributed by atoms with Crippen molar-refractivity contribution in [3.05, 3.63) is 29.8 Å². The number of rotatable bonds is 8. The zero-order valence-electron chi connectivity index (χ0n) is 11.9. The Morgan fingerprint density at radius 1 is 1.47 bits per heavy atom. The summed E-state index contributed by atoms with van der Waals surface area (Å²) in [6, 6.07) is 8.29. The van der Waals surface area contributed by atoms with Crippen LogP contribution < -0.4 is 5.32 Å². The molecule has 0 fully saturated rings. The summed E-state index contributed by atoms with van der Waals surface area (Å²) in [6.07, 6.45) is 1.55. The Kier molecular flexibility index (Phi) is 6.38. The zero-order valence-corrected chi connectivity index (χ0v) is 12.7. The molecule has 1 rings (SSSR count). The van der Waals surface area contributed by atoms with Crippen LogP contribution in [0.5, 0.6) is 0 Å². The van der Waals surface area contributed by atoms with Gasteiger partial charge < -0.3 is 10.4 Å². The Balaban J connectivity index is 2.50. The first-order chi connectivity index (χ1) is 8.98. The molecule has 1 atom stereocenters. The molecule has 0 aliphatic rings. The molecule has 19 heavy (non-hydrogen) atoms. The van der Waals surface area contributed by atoms with Gasteiger partial charge in [-0.25, -0.2) is 0 Å². The summed E-state index contributed by atoms with van der Waals surface area (Å²) in [5.74, 6) is 0.0222. The van der Waals surface area contributed by atoms with E-state index in [1.165, 1.54) is 10.5 Å². The van der Waals surface area contributed by atoms with E-state index >= 15 is 0 Å². The van der Waals surface area contributed by atoms with E-state index in [4.69, 9.17) is 0 Å². The summed E-state index contributed by atoms with van der Waals surface area (Å²) < 4.78 is 0. The first-order valence-corrected chi connectivity index (χ1v) is 7.64. The minimum Gasteiger partial charge on any atom is -0.480 e. The minimum absolute atomic E-state index is 0.612. The van der Waals surface area contributed by atoms with Gasteiger partial charge in [0.25, 0.3) is 0 Å². The molecule has 0 aromatic heterocycles. The number of aryl methyl sites for hydroxylation is 1. The highest BCUT2D eigenvalue weighted by Crippen LogP contribution is 2.23. The summed E-state index contributed by atoms with van der Waals surface area (Å²) in [5, 5.41) is 12.5. The Bertz CT molecular complexity index is 422. The lowest BCUT2D eigenvalue weighted by molar-refractivity contribution is -0.144. The fourth-order valence-electron chi connectivity index (χ4n) is 1.75. The third kappa shape index (κ3) is 5.25. The topological polar surface area (TPSA) is 49.3 Å². The normalized spacial score (nSPS) is 14.1. The van der Waals surface area contributed by atoms with Gasteiger partial charge in [0, 0.05) is 10.6 Å². The minimum atomic E-state index is -0.827. The van der Waals surface area contributed by atoms with Crippen molar-refractivity contribution < 1.29 is 9.90 Å². The van der Waals surface area contributed by atoms with Crippen LogP contribution >= 0.6 is 11.8 Å². The van der Waals surface area contributed by atoms with Crippen molar-refractivity contribution in [2.45, 2.75) is 44.0 Å². The molecular weight excluding hydrogens is 258 g/mol. The van der Waals surface area contributed by atoms with E-state index in [1.54, 1.807) is 18.7 Å². The summed E-state index contributed by atoms with van der Waals surface area (Å²) in [6.45, 7) is 6.60. The van der Waals surface area contributed by atoms with Crippen molar-refractivity contribution in [3.63, 3.8) is 0 Å². The number of aliphatic carboxylic acids is 1. The SMILES string of the molecule is CCCNC(C)(CCSc1cccc(C)c1)C(=O)O. The first kappa shape index (κ1) is 16.1. The van der Waals surface area contributed by atoms with Crippen LogP contribution in [0.25, 0.3) is 0 Å². The van der Waals surface area contributed by atoms with Gasteiger partial charge in [0.1, 0.15) is 5.54 Å². The zero-order chi connectivity index (χ0) is 14.3. The van der Waals surface area contributed by atoms with Gasteiger partial charge in [-0.1, -0.05) is 24.6 Å². The Morgan fingerprint density at radius 2 is 2.21 bits per heavy atom. The number of hydrogen-bond acceptors (Lipinski definition) is 3. The predicted molar refractivity (Wildman–Crippen MR) is 80.9 cm³/mol. The van der Waals surface area contributed by atoms with Crippen LogP contribution in [0.1, 0.15) is 32.3 Å². The highest BCUT2D eigenvalue weighted by atomic mass is 32.2. The molecule has 0 bridgehead atoms. The summed E-state index contributed by atoms with van der Waals surface area (Å²) in [7, 11) is 0. The fraction of sp³-hybridized carbons (Fsp3) is 0.533. The largest absolute Gasteiger partial charge is 0.480 e. The Morgan fingerprint density at radius 3 is 2.79 bits per heavy atom. The van der Waals surface area contributed by atoms with Gasteiger partial charge in [-0.3, -0.25) is 4.79 Å². The third-order valence-corrected chi connectivity index (χ3v) is 4.09. The Hall–Kier alpha value is -1.00. The molecule has 2 N–H and O–H groups in total. The van der Waals surface area contributed by atoms with Crippen molar-refractivity contribution in [3.8, 4) is 0 Å². The molecule has 1 aromatic carbocycles. The molecule has 0 radical (unpaired) electrons. The molecule has 106 valence electrons. The van der Waals surface area contributed by atoms with E-state index in [0.717, 1.165) is 18.7 Å². The number of hydrogen-bond donors (Lipinski definition) is 2. The second kappa shape index (κ2) is 7.56. The van der Waals surface area contributed by atoms with Gasteiger partial charge >= 0.3 is 5.97 Å². The average Bonchev–Trinajstić information content (AvgIpc) is 2.36. The monoisotopic (exact) mass is 281 g/mol. The lowest BCUT2D eigenvalue weighted by Gasteiger charge is -2.26. The van der Waals surface area contributed by atoms with E-state index in [0.29, 0.717) is 6.42 Å². The fourth-order valence-corrected chi connectivity index (χ4v) is 2.94. The number of carboxylic acid groups (broad SMARTS) is 1. The second-order valence-corrected chi connectivity index (χ2v) is 6.15. The third-order valence-electron chi connectivity index (χ3n) is 3.10. The number of benzene rings is 1. The standard InChI is InChI=1S/C15H23NO2S/c1-4-9-16-15(3,14(17)18)8-10-19-13-7-5-6-12(2)11-13/h5-7,11,16H,4,8-10H2,1-3H3,(H,17,18). The number of carboxylic acids is 1. The maximum Gasteiger partial charge on any atom is 0.323 e. The van der Waals surface area contributed by atoms with Gasteiger partial charge in [-0.15, -0.1) is 11.8 Å². The molecule has 0 aliphatic carbocycles. The predicted octanol–water partition coefficient (Wildman–Crippen LogP) is 3.32. The number of nitrogens with one attached hydrogen (secondary N) is 1. The van der Waals surface area contributed by atoms with Crippen LogP contribution in [0.4, 0.5) is 0 Å². The molecule has 0 saturated carbocycles. The molecule has 3 nitrogen and oxygen atoms in total. The average molecular weight is 281 g/mol. The lowest BCUT2D eigenvalue weighted by atomic mass is 9.99. The molecule has 1 aromatic rings. The van der Waals surface area contributed by atoms with Crippen LogP contribution in [0, 0.1) is 6.92 Å². The van der Waals surface area contributed by atoms with E-state index in [9.17, 15) is 9.90 Å². The molecule has 0 aliphatic heterocycles. The van der Waals surface area contributed by atoms with Crippen molar-refractivity contribution >= 4 is 17.7 Å². The summed E-state index contributed by atoms with van der Waals surface area (Å²) in [4.78, 5) is 12.5. The quantitative estimate of drug-likeness (QED) is 0.718. The van der Waals surface area contributed by atoms with E-state index in [-0.39, 0.29) is 0 Å². The lowest BCUT2D eigenvalue weighted by Crippen LogP contribution is -2.50. The molecule has 0 amide bonds. The van der Waals surface area contributed by atoms with Crippen LogP contribution in [-0.2, 0) is 4.79 Å². The molecule has 4 heteroatoms. The van der Waals surface area contributed by atoms with Gasteiger partial charge in [-0.2, -0.15) is 0 Å². The van der Waals surface area contributed by atoms with Crippen molar-refractivity contribution in [1.29, 1.82) is 0 Å². The highest BCUT2D eigenvalue weighted by molar-refractivity contribution is 7.99. The van der Waals surface area contributed by atoms with Crippen LogP contribution in [-0.4, -0.2) is 28.9 Å².